The Morgan fingerprint density at radius 1 is 1.07 bits per heavy atom. The zero-order chi connectivity index (χ0) is 18.8. The number of carbonyl (C=O) groups excluding carboxylic acids is 1. The second-order valence-electron chi connectivity index (χ2n) is 6.22. The average Bonchev–Trinajstić information content (AvgIpc) is 3.17. The van der Waals surface area contributed by atoms with Crippen LogP contribution in [0, 0.1) is 5.82 Å². The van der Waals surface area contributed by atoms with Crippen molar-refractivity contribution < 1.29 is 9.18 Å². The molecule has 0 unspecified atom stereocenters. The number of hydrogen-bond donors (Lipinski definition) is 3. The smallest absolute Gasteiger partial charge is 0.255 e. The molecule has 0 bridgehead atoms. The first-order chi connectivity index (χ1) is 13.1. The fourth-order valence-electron chi connectivity index (χ4n) is 2.99. The van der Waals surface area contributed by atoms with Gasteiger partial charge in [0.1, 0.15) is 5.82 Å². The van der Waals surface area contributed by atoms with Crippen molar-refractivity contribution in [2.24, 2.45) is 5.73 Å². The molecule has 4 aromatic rings. The van der Waals surface area contributed by atoms with E-state index in [1.54, 1.807) is 18.3 Å². The molecular formula is C21H17FN4O. The van der Waals surface area contributed by atoms with E-state index in [0.717, 1.165) is 22.0 Å². The van der Waals surface area contributed by atoms with Crippen LogP contribution in [0.15, 0.2) is 66.9 Å². The number of aromatic nitrogens is 2. The van der Waals surface area contributed by atoms with Crippen LogP contribution < -0.4 is 11.1 Å². The first-order valence-corrected chi connectivity index (χ1v) is 8.47. The number of amides is 1. The van der Waals surface area contributed by atoms with Crippen molar-refractivity contribution in [3.63, 3.8) is 0 Å². The molecule has 5 nitrogen and oxygen atoms in total. The summed E-state index contributed by atoms with van der Waals surface area (Å²) in [6, 6.07) is 17.3. The zero-order valence-electron chi connectivity index (χ0n) is 14.4. The number of rotatable bonds is 4. The Bertz CT molecular complexity index is 1120. The van der Waals surface area contributed by atoms with Gasteiger partial charge in [0.25, 0.3) is 5.91 Å². The minimum Gasteiger partial charge on any atom is -0.326 e. The van der Waals surface area contributed by atoms with Crippen molar-refractivity contribution in [3.05, 3.63) is 83.8 Å². The van der Waals surface area contributed by atoms with Crippen molar-refractivity contribution >= 4 is 22.5 Å². The number of nitrogens with two attached hydrogens (primary N) is 1. The van der Waals surface area contributed by atoms with Gasteiger partial charge < -0.3 is 11.1 Å². The van der Waals surface area contributed by atoms with Crippen LogP contribution in [0.5, 0.6) is 0 Å². The average molecular weight is 360 g/mol. The fraction of sp³-hybridized carbons (Fsp3) is 0.0476. The highest BCUT2D eigenvalue weighted by molar-refractivity contribution is 6.08. The van der Waals surface area contributed by atoms with Crippen molar-refractivity contribution in [1.82, 2.24) is 10.2 Å². The summed E-state index contributed by atoms with van der Waals surface area (Å²) >= 11 is 0. The second-order valence-corrected chi connectivity index (χ2v) is 6.22. The van der Waals surface area contributed by atoms with Crippen LogP contribution in [-0.2, 0) is 6.54 Å². The minimum absolute atomic E-state index is 0.240. The van der Waals surface area contributed by atoms with E-state index in [1.807, 2.05) is 36.4 Å². The summed E-state index contributed by atoms with van der Waals surface area (Å²) in [6.45, 7) is 0.441. The van der Waals surface area contributed by atoms with Crippen LogP contribution in [0.1, 0.15) is 15.9 Å². The summed E-state index contributed by atoms with van der Waals surface area (Å²) in [6.07, 6.45) is 1.68. The number of nitrogens with zero attached hydrogens (tertiary/aromatic N) is 1. The summed E-state index contributed by atoms with van der Waals surface area (Å²) in [5, 5.41) is 10.5. The third-order valence-corrected chi connectivity index (χ3v) is 4.41. The number of nitrogens with one attached hydrogen (secondary N) is 2. The molecule has 134 valence electrons. The lowest BCUT2D eigenvalue weighted by Crippen LogP contribution is -2.12. The van der Waals surface area contributed by atoms with Crippen molar-refractivity contribution in [2.75, 3.05) is 5.32 Å². The maximum atomic E-state index is 14.1. The Kier molecular flexibility index (Phi) is 4.40. The molecule has 0 spiro atoms. The number of anilines is 1. The number of carbonyl (C=O) groups is 1. The van der Waals surface area contributed by atoms with Crippen LogP contribution in [0.4, 0.5) is 10.1 Å². The minimum atomic E-state index is -0.472. The molecular weight excluding hydrogens is 343 g/mol. The van der Waals surface area contributed by atoms with Gasteiger partial charge in [-0.05, 0) is 41.0 Å². The van der Waals surface area contributed by atoms with Crippen molar-refractivity contribution in [1.29, 1.82) is 0 Å². The summed E-state index contributed by atoms with van der Waals surface area (Å²) in [4.78, 5) is 12.7. The highest BCUT2D eigenvalue weighted by Gasteiger charge is 2.12. The van der Waals surface area contributed by atoms with Crippen LogP contribution >= 0.6 is 0 Å². The monoisotopic (exact) mass is 360 g/mol. The lowest BCUT2D eigenvalue weighted by atomic mass is 10.0. The molecule has 1 aromatic heterocycles. The van der Waals surface area contributed by atoms with E-state index < -0.39 is 11.7 Å². The van der Waals surface area contributed by atoms with Crippen LogP contribution in [0.3, 0.4) is 0 Å². The predicted molar refractivity (Wildman–Crippen MR) is 104 cm³/mol. The normalized spacial score (nSPS) is 10.9. The van der Waals surface area contributed by atoms with Crippen molar-refractivity contribution in [3.8, 4) is 11.1 Å². The van der Waals surface area contributed by atoms with E-state index in [1.165, 1.54) is 12.1 Å². The lowest BCUT2D eigenvalue weighted by Gasteiger charge is -2.09. The molecule has 0 saturated carbocycles. The quantitative estimate of drug-likeness (QED) is 0.513. The van der Waals surface area contributed by atoms with Gasteiger partial charge in [-0.2, -0.15) is 5.10 Å². The van der Waals surface area contributed by atoms with E-state index in [4.69, 9.17) is 5.73 Å². The van der Waals surface area contributed by atoms with Gasteiger partial charge in [-0.1, -0.05) is 36.4 Å². The third-order valence-electron chi connectivity index (χ3n) is 4.41. The Morgan fingerprint density at radius 2 is 1.89 bits per heavy atom. The largest absolute Gasteiger partial charge is 0.326 e. The number of halogens is 1. The molecule has 0 aliphatic heterocycles. The summed E-state index contributed by atoms with van der Waals surface area (Å²) < 4.78 is 14.1. The summed E-state index contributed by atoms with van der Waals surface area (Å²) in [7, 11) is 0. The van der Waals surface area contributed by atoms with Gasteiger partial charge in [0.15, 0.2) is 0 Å². The molecule has 27 heavy (non-hydrogen) atoms. The Labute approximate surface area is 155 Å². The molecule has 0 radical (unpaired) electrons. The van der Waals surface area contributed by atoms with Gasteiger partial charge in [0, 0.05) is 17.5 Å². The van der Waals surface area contributed by atoms with Crippen molar-refractivity contribution in [2.45, 2.75) is 6.54 Å². The maximum absolute atomic E-state index is 14.1. The number of para-hydroxylation sites is 1. The van der Waals surface area contributed by atoms with Crippen LogP contribution in [0.2, 0.25) is 0 Å². The highest BCUT2D eigenvalue weighted by Crippen LogP contribution is 2.25. The van der Waals surface area contributed by atoms with E-state index in [9.17, 15) is 9.18 Å². The second kappa shape index (κ2) is 7.01. The van der Waals surface area contributed by atoms with Crippen LogP contribution in [0.25, 0.3) is 22.0 Å². The zero-order valence-corrected chi connectivity index (χ0v) is 14.4. The van der Waals surface area contributed by atoms with Gasteiger partial charge in [0.05, 0.1) is 17.4 Å². The molecule has 3 aromatic carbocycles. The molecule has 1 amide bonds. The summed E-state index contributed by atoms with van der Waals surface area (Å²) in [5.41, 5.74) is 9.60. The number of benzene rings is 3. The lowest BCUT2D eigenvalue weighted by molar-refractivity contribution is 0.102. The van der Waals surface area contributed by atoms with E-state index in [2.05, 4.69) is 15.5 Å². The summed E-state index contributed by atoms with van der Waals surface area (Å²) in [5.74, 6) is -0.864. The number of fused-ring (bicyclic) bond motifs is 1. The first kappa shape index (κ1) is 16.9. The Balaban J connectivity index is 1.66. The fourth-order valence-corrected chi connectivity index (χ4v) is 2.99. The molecule has 1 heterocycles. The molecule has 6 heteroatoms. The molecule has 4 N–H and O–H groups in total. The van der Waals surface area contributed by atoms with Gasteiger partial charge >= 0.3 is 0 Å². The molecule has 0 aliphatic rings. The predicted octanol–water partition coefficient (Wildman–Crippen LogP) is 4.08. The SMILES string of the molecule is NCc1ccc(-c2cc(F)cc(C(=O)Nc3cccc4cn[nH]c34)c2)cc1. The van der Waals surface area contributed by atoms with Gasteiger partial charge in [-0.25, -0.2) is 4.39 Å². The van der Waals surface area contributed by atoms with Gasteiger partial charge in [0.2, 0.25) is 0 Å². The number of aromatic amines is 1. The number of hydrogen-bond acceptors (Lipinski definition) is 3. The highest BCUT2D eigenvalue weighted by atomic mass is 19.1. The Morgan fingerprint density at radius 3 is 2.67 bits per heavy atom. The van der Waals surface area contributed by atoms with Gasteiger partial charge in [-0.15, -0.1) is 0 Å². The van der Waals surface area contributed by atoms with Crippen LogP contribution in [-0.4, -0.2) is 16.1 Å². The molecule has 0 fully saturated rings. The maximum Gasteiger partial charge on any atom is 0.255 e. The molecule has 0 saturated heterocycles. The van der Waals surface area contributed by atoms with E-state index in [-0.39, 0.29) is 5.56 Å². The molecule has 4 rings (SSSR count). The molecule has 0 atom stereocenters. The van der Waals surface area contributed by atoms with E-state index in [0.29, 0.717) is 17.8 Å². The standard InChI is InChI=1S/C21H17FN4O/c22-18-9-16(14-6-4-13(11-23)5-7-14)8-17(10-18)21(27)25-19-3-1-2-15-12-24-26-20(15)19/h1-10,12H,11,23H2,(H,24,26)(H,25,27). The van der Waals surface area contributed by atoms with Gasteiger partial charge in [-0.3, -0.25) is 9.89 Å². The number of H-pyrrole nitrogens is 1. The third kappa shape index (κ3) is 3.43. The first-order valence-electron chi connectivity index (χ1n) is 8.47. The Hall–Kier alpha value is -3.51. The van der Waals surface area contributed by atoms with E-state index >= 15 is 0 Å². The molecule has 0 aliphatic carbocycles. The topological polar surface area (TPSA) is 83.8 Å².